The van der Waals surface area contributed by atoms with Crippen molar-refractivity contribution in [3.8, 4) is 11.8 Å². The van der Waals surface area contributed by atoms with Gasteiger partial charge >= 0.3 is 0 Å². The molecule has 0 bridgehead atoms. The van der Waals surface area contributed by atoms with Crippen molar-refractivity contribution >= 4 is 19.7 Å². The smallest absolute Gasteiger partial charge is 0.264 e. The third-order valence-electron chi connectivity index (χ3n) is 2.65. The summed E-state index contributed by atoms with van der Waals surface area (Å²) in [5.41, 5.74) is 0.272. The number of hydrogen-bond donors (Lipinski definition) is 0. The molecule has 0 aliphatic carbocycles. The zero-order chi connectivity index (χ0) is 14.7. The molecule has 0 saturated heterocycles. The lowest BCUT2D eigenvalue weighted by molar-refractivity contribution is 0.259. The molecule has 1 aromatic carbocycles. The lowest BCUT2D eigenvalue weighted by Gasteiger charge is -2.16. The van der Waals surface area contributed by atoms with Gasteiger partial charge in [0.05, 0.1) is 18.1 Å². The maximum absolute atomic E-state index is 11.5. The number of nitriles is 1. The molecule has 4 nitrogen and oxygen atoms in total. The second kappa shape index (κ2) is 5.81. The molecule has 0 aliphatic rings. The zero-order valence-electron chi connectivity index (χ0n) is 11.1. The normalized spacial score (nSPS) is 11.9. The van der Waals surface area contributed by atoms with Crippen LogP contribution >= 0.6 is 10.7 Å². The van der Waals surface area contributed by atoms with Gasteiger partial charge in [0.25, 0.3) is 9.05 Å². The molecule has 0 heterocycles. The summed E-state index contributed by atoms with van der Waals surface area (Å²) >= 11 is 0. The van der Waals surface area contributed by atoms with Crippen molar-refractivity contribution in [3.63, 3.8) is 0 Å². The van der Waals surface area contributed by atoms with E-state index in [-0.39, 0.29) is 17.3 Å². The Hall–Kier alpha value is -1.25. The molecule has 0 N–H and O–H groups in total. The van der Waals surface area contributed by atoms with Crippen LogP contribution in [0.4, 0.5) is 0 Å². The molecule has 0 aliphatic heterocycles. The van der Waals surface area contributed by atoms with Gasteiger partial charge in [-0.3, -0.25) is 0 Å². The minimum Gasteiger partial charge on any atom is -0.492 e. The average Bonchev–Trinajstić information content (AvgIpc) is 2.29. The van der Waals surface area contributed by atoms with E-state index in [2.05, 4.69) is 6.07 Å². The van der Waals surface area contributed by atoms with E-state index in [0.29, 0.717) is 6.42 Å². The van der Waals surface area contributed by atoms with Gasteiger partial charge in [-0.15, -0.1) is 0 Å². The predicted molar refractivity (Wildman–Crippen MR) is 73.7 cm³/mol. The van der Waals surface area contributed by atoms with Gasteiger partial charge in [-0.05, 0) is 44.9 Å². The lowest BCUT2D eigenvalue weighted by atomic mass is 9.92. The van der Waals surface area contributed by atoms with Gasteiger partial charge in [-0.25, -0.2) is 8.42 Å². The monoisotopic (exact) mass is 301 g/mol. The standard InChI is InChI=1S/C13H16ClNO3S/c1-10-4-5-11(12(8-10)19(14,16)17)18-7-6-13(2,3)9-15/h4-5,8H,6-7H2,1-3H3. The number of ether oxygens (including phenoxy) is 1. The van der Waals surface area contributed by atoms with Crippen molar-refractivity contribution in [1.82, 2.24) is 0 Å². The molecule has 0 fully saturated rings. The summed E-state index contributed by atoms with van der Waals surface area (Å²) in [6.07, 6.45) is 0.499. The number of hydrogen-bond acceptors (Lipinski definition) is 4. The van der Waals surface area contributed by atoms with Gasteiger partial charge in [0.1, 0.15) is 10.6 Å². The first-order valence-electron chi connectivity index (χ1n) is 5.75. The summed E-state index contributed by atoms with van der Waals surface area (Å²) in [5.74, 6) is 0.217. The number of aryl methyl sites for hydroxylation is 1. The number of nitrogens with zero attached hydrogens (tertiary/aromatic N) is 1. The van der Waals surface area contributed by atoms with Crippen molar-refractivity contribution in [2.45, 2.75) is 32.1 Å². The van der Waals surface area contributed by atoms with E-state index in [1.807, 2.05) is 0 Å². The summed E-state index contributed by atoms with van der Waals surface area (Å²) in [6.45, 7) is 5.62. The molecule has 19 heavy (non-hydrogen) atoms. The predicted octanol–water partition coefficient (Wildman–Crippen LogP) is 3.24. The molecule has 0 radical (unpaired) electrons. The van der Waals surface area contributed by atoms with Crippen LogP contribution in [0.25, 0.3) is 0 Å². The molecule has 0 atom stereocenters. The fourth-order valence-corrected chi connectivity index (χ4v) is 2.45. The summed E-state index contributed by atoms with van der Waals surface area (Å²) in [7, 11) is 1.53. The van der Waals surface area contributed by atoms with E-state index >= 15 is 0 Å². The van der Waals surface area contributed by atoms with E-state index in [1.54, 1.807) is 32.9 Å². The molecule has 0 spiro atoms. The van der Waals surface area contributed by atoms with E-state index in [4.69, 9.17) is 20.7 Å². The topological polar surface area (TPSA) is 67.2 Å². The first-order chi connectivity index (χ1) is 8.65. The quantitative estimate of drug-likeness (QED) is 0.783. The molecule has 0 saturated carbocycles. The second-order valence-corrected chi connectivity index (χ2v) is 7.52. The molecule has 104 valence electrons. The lowest BCUT2D eigenvalue weighted by Crippen LogP contribution is -2.13. The van der Waals surface area contributed by atoms with Crippen LogP contribution in [0.1, 0.15) is 25.8 Å². The summed E-state index contributed by atoms with van der Waals surface area (Å²) < 4.78 is 28.4. The Kier molecular flexibility index (Phi) is 4.83. The van der Waals surface area contributed by atoms with Crippen molar-refractivity contribution in [1.29, 1.82) is 5.26 Å². The Morgan fingerprint density at radius 2 is 2.05 bits per heavy atom. The van der Waals surface area contributed by atoms with Crippen LogP contribution in [0, 0.1) is 23.7 Å². The van der Waals surface area contributed by atoms with Crippen molar-refractivity contribution < 1.29 is 13.2 Å². The first-order valence-corrected chi connectivity index (χ1v) is 8.06. The summed E-state index contributed by atoms with van der Waals surface area (Å²) in [4.78, 5) is -0.0380. The van der Waals surface area contributed by atoms with E-state index in [0.717, 1.165) is 5.56 Å². The van der Waals surface area contributed by atoms with Gasteiger partial charge in [0.15, 0.2) is 0 Å². The summed E-state index contributed by atoms with van der Waals surface area (Å²) in [6, 6.07) is 6.94. The number of rotatable bonds is 5. The van der Waals surface area contributed by atoms with Gasteiger partial charge in [-0.2, -0.15) is 5.26 Å². The van der Waals surface area contributed by atoms with Crippen LogP contribution in [0.3, 0.4) is 0 Å². The molecular weight excluding hydrogens is 286 g/mol. The fourth-order valence-electron chi connectivity index (χ4n) is 1.40. The maximum Gasteiger partial charge on any atom is 0.264 e. The van der Waals surface area contributed by atoms with Crippen molar-refractivity contribution in [3.05, 3.63) is 23.8 Å². The van der Waals surface area contributed by atoms with Gasteiger partial charge in [0, 0.05) is 10.7 Å². The van der Waals surface area contributed by atoms with E-state index in [9.17, 15) is 8.42 Å². The third kappa shape index (κ3) is 4.73. The molecule has 6 heteroatoms. The first kappa shape index (κ1) is 15.8. The third-order valence-corrected chi connectivity index (χ3v) is 3.99. The summed E-state index contributed by atoms with van der Waals surface area (Å²) in [5, 5.41) is 8.89. The largest absolute Gasteiger partial charge is 0.492 e. The Bertz CT molecular complexity index is 603. The van der Waals surface area contributed by atoms with Crippen LogP contribution in [-0.4, -0.2) is 15.0 Å². The van der Waals surface area contributed by atoms with Gasteiger partial charge in [-0.1, -0.05) is 6.07 Å². The minimum atomic E-state index is -3.85. The maximum atomic E-state index is 11.5. The van der Waals surface area contributed by atoms with E-state index < -0.39 is 14.5 Å². The molecule has 0 unspecified atom stereocenters. The molecular formula is C13H16ClNO3S. The van der Waals surface area contributed by atoms with E-state index in [1.165, 1.54) is 6.07 Å². The molecule has 1 aromatic rings. The van der Waals surface area contributed by atoms with Gasteiger partial charge in [0.2, 0.25) is 0 Å². The van der Waals surface area contributed by atoms with Crippen LogP contribution < -0.4 is 4.74 Å². The highest BCUT2D eigenvalue weighted by molar-refractivity contribution is 8.13. The highest BCUT2D eigenvalue weighted by Gasteiger charge is 2.19. The highest BCUT2D eigenvalue weighted by atomic mass is 35.7. The van der Waals surface area contributed by atoms with Crippen molar-refractivity contribution in [2.24, 2.45) is 5.41 Å². The Morgan fingerprint density at radius 3 is 2.58 bits per heavy atom. The van der Waals surface area contributed by atoms with Crippen molar-refractivity contribution in [2.75, 3.05) is 6.61 Å². The van der Waals surface area contributed by atoms with Crippen LogP contribution in [0.15, 0.2) is 23.1 Å². The average molecular weight is 302 g/mol. The number of halogens is 1. The Balaban J connectivity index is 2.89. The SMILES string of the molecule is Cc1ccc(OCCC(C)(C)C#N)c(S(=O)(=O)Cl)c1. The second-order valence-electron chi connectivity index (χ2n) is 4.98. The molecule has 0 aromatic heterocycles. The van der Waals surface area contributed by atoms with Crippen LogP contribution in [-0.2, 0) is 9.05 Å². The highest BCUT2D eigenvalue weighted by Crippen LogP contribution is 2.29. The fraction of sp³-hybridized carbons (Fsp3) is 0.462. The Morgan fingerprint density at radius 1 is 1.42 bits per heavy atom. The minimum absolute atomic E-state index is 0.0380. The molecule has 0 amide bonds. The Labute approximate surface area is 118 Å². The van der Waals surface area contributed by atoms with Crippen LogP contribution in [0.2, 0.25) is 0 Å². The zero-order valence-corrected chi connectivity index (χ0v) is 12.7. The number of benzene rings is 1. The molecule has 1 rings (SSSR count). The van der Waals surface area contributed by atoms with Gasteiger partial charge < -0.3 is 4.74 Å². The van der Waals surface area contributed by atoms with Crippen LogP contribution in [0.5, 0.6) is 5.75 Å².